The summed E-state index contributed by atoms with van der Waals surface area (Å²) in [4.78, 5) is 4.96. The molecule has 0 atom stereocenters. The van der Waals surface area contributed by atoms with E-state index in [0.717, 1.165) is 25.9 Å². The molecule has 27 heavy (non-hydrogen) atoms. The predicted molar refractivity (Wildman–Crippen MR) is 115 cm³/mol. The minimum Gasteiger partial charge on any atom is -0.383 e. The molecule has 2 aromatic rings. The number of fused-ring (bicyclic) bond motifs is 2. The maximum absolute atomic E-state index is 5.31. The Morgan fingerprint density at radius 2 is 1.56 bits per heavy atom. The summed E-state index contributed by atoms with van der Waals surface area (Å²) in [5.41, 5.74) is 6.50. The molecule has 0 saturated heterocycles. The molecular weight excluding hydrogens is 356 g/mol. The van der Waals surface area contributed by atoms with Crippen LogP contribution < -0.4 is 10.2 Å². The van der Waals surface area contributed by atoms with E-state index >= 15 is 0 Å². The molecule has 1 N–H and O–H groups in total. The van der Waals surface area contributed by atoms with Gasteiger partial charge in [-0.25, -0.2) is 0 Å². The van der Waals surface area contributed by atoms with Gasteiger partial charge in [0, 0.05) is 42.8 Å². The van der Waals surface area contributed by atoms with Crippen molar-refractivity contribution in [2.45, 2.75) is 36.5 Å². The lowest BCUT2D eigenvalue weighted by Gasteiger charge is -2.29. The number of para-hydroxylation sites is 1. The van der Waals surface area contributed by atoms with Crippen molar-refractivity contribution in [3.63, 3.8) is 0 Å². The summed E-state index contributed by atoms with van der Waals surface area (Å²) >= 11 is 1.87. The largest absolute Gasteiger partial charge is 0.383 e. The number of nitrogens with one attached hydrogen (secondary N) is 1. The van der Waals surface area contributed by atoms with Crippen LogP contribution in [0.2, 0.25) is 0 Å². The zero-order valence-electron chi connectivity index (χ0n) is 16.8. The average Bonchev–Trinajstić information content (AvgIpc) is 2.71. The normalized spacial score (nSPS) is 12.3. The molecule has 0 unspecified atom stereocenters. The first-order valence-electron chi connectivity index (χ1n) is 9.68. The van der Waals surface area contributed by atoms with Gasteiger partial charge >= 0.3 is 0 Å². The number of benzene rings is 2. The Bertz CT molecular complexity index is 771. The molecule has 5 heteroatoms. The third-order valence-corrected chi connectivity index (χ3v) is 6.11. The molecule has 0 bridgehead atoms. The van der Waals surface area contributed by atoms with E-state index in [-0.39, 0.29) is 0 Å². The van der Waals surface area contributed by atoms with Crippen molar-refractivity contribution in [3.05, 3.63) is 41.5 Å². The van der Waals surface area contributed by atoms with Gasteiger partial charge < -0.3 is 19.7 Å². The van der Waals surface area contributed by atoms with Gasteiger partial charge in [0.05, 0.1) is 24.6 Å². The summed E-state index contributed by atoms with van der Waals surface area (Å²) in [7, 11) is 3.50. The molecule has 2 aromatic carbocycles. The quantitative estimate of drug-likeness (QED) is 0.552. The smallest absolute Gasteiger partial charge is 0.0637 e. The molecule has 3 rings (SSSR count). The zero-order chi connectivity index (χ0) is 19.2. The standard InChI is InChI=1S/C22H30N2O2S/c1-5-16-8-7-9-19-21(16)23-22-17(6-2)14-18(15-20(22)27-19)24(10-12-25-3)11-13-26-4/h7-9,14-15,23H,5-6,10-13H2,1-4H3. The van der Waals surface area contributed by atoms with E-state index in [1.54, 1.807) is 14.2 Å². The van der Waals surface area contributed by atoms with Crippen LogP contribution in [0.4, 0.5) is 17.1 Å². The molecule has 0 radical (unpaired) electrons. The van der Waals surface area contributed by atoms with Crippen LogP contribution in [0.25, 0.3) is 0 Å². The van der Waals surface area contributed by atoms with Crippen LogP contribution in [-0.2, 0) is 22.3 Å². The molecule has 0 aromatic heterocycles. The fraction of sp³-hybridized carbons (Fsp3) is 0.455. The Kier molecular flexibility index (Phi) is 7.05. The van der Waals surface area contributed by atoms with Crippen LogP contribution >= 0.6 is 11.8 Å². The number of rotatable bonds is 9. The van der Waals surface area contributed by atoms with Crippen LogP contribution in [-0.4, -0.2) is 40.5 Å². The van der Waals surface area contributed by atoms with Crippen molar-refractivity contribution in [1.82, 2.24) is 0 Å². The third-order valence-electron chi connectivity index (χ3n) is 5.01. The van der Waals surface area contributed by atoms with Gasteiger partial charge in [-0.3, -0.25) is 0 Å². The molecule has 4 nitrogen and oxygen atoms in total. The Morgan fingerprint density at radius 3 is 2.19 bits per heavy atom. The van der Waals surface area contributed by atoms with E-state index < -0.39 is 0 Å². The summed E-state index contributed by atoms with van der Waals surface area (Å²) in [5.74, 6) is 0. The Labute approximate surface area is 167 Å². The number of anilines is 3. The first-order chi connectivity index (χ1) is 13.2. The maximum Gasteiger partial charge on any atom is 0.0637 e. The van der Waals surface area contributed by atoms with E-state index in [1.807, 2.05) is 11.8 Å². The Morgan fingerprint density at radius 1 is 0.889 bits per heavy atom. The lowest BCUT2D eigenvalue weighted by atomic mass is 10.1. The van der Waals surface area contributed by atoms with E-state index in [9.17, 15) is 0 Å². The van der Waals surface area contributed by atoms with Gasteiger partial charge in [0.15, 0.2) is 0 Å². The minimum atomic E-state index is 0.705. The molecule has 0 spiro atoms. The zero-order valence-corrected chi connectivity index (χ0v) is 17.6. The molecule has 0 fully saturated rings. The lowest BCUT2D eigenvalue weighted by molar-refractivity contribution is 0.190. The highest BCUT2D eigenvalue weighted by molar-refractivity contribution is 7.99. The second kappa shape index (κ2) is 9.49. The molecule has 146 valence electrons. The first-order valence-corrected chi connectivity index (χ1v) is 10.5. The topological polar surface area (TPSA) is 33.7 Å². The van der Waals surface area contributed by atoms with Crippen molar-refractivity contribution in [2.24, 2.45) is 0 Å². The number of methoxy groups -OCH3 is 2. The maximum atomic E-state index is 5.31. The number of nitrogens with zero attached hydrogens (tertiary/aromatic N) is 1. The fourth-order valence-corrected chi connectivity index (χ4v) is 4.59. The second-order valence-corrected chi connectivity index (χ2v) is 7.76. The monoisotopic (exact) mass is 386 g/mol. The summed E-state index contributed by atoms with van der Waals surface area (Å²) in [6.07, 6.45) is 2.03. The van der Waals surface area contributed by atoms with Crippen molar-refractivity contribution in [2.75, 3.05) is 50.7 Å². The van der Waals surface area contributed by atoms with E-state index in [2.05, 4.69) is 54.4 Å². The van der Waals surface area contributed by atoms with Crippen molar-refractivity contribution < 1.29 is 9.47 Å². The van der Waals surface area contributed by atoms with Gasteiger partial charge in [0.25, 0.3) is 0 Å². The molecule has 0 saturated carbocycles. The molecule has 1 aliphatic rings. The van der Waals surface area contributed by atoms with Crippen molar-refractivity contribution >= 4 is 28.8 Å². The van der Waals surface area contributed by atoms with Crippen LogP contribution in [0.1, 0.15) is 25.0 Å². The van der Waals surface area contributed by atoms with Gasteiger partial charge in [-0.1, -0.05) is 37.7 Å². The summed E-state index contributed by atoms with van der Waals surface area (Å²) in [6.45, 7) is 7.56. The number of aryl methyl sites for hydroxylation is 2. The average molecular weight is 387 g/mol. The predicted octanol–water partition coefficient (Wildman–Crippen LogP) is 5.12. The van der Waals surface area contributed by atoms with Gasteiger partial charge in [-0.05, 0) is 42.2 Å². The van der Waals surface area contributed by atoms with Gasteiger partial charge in [0.2, 0.25) is 0 Å². The highest BCUT2D eigenvalue weighted by Gasteiger charge is 2.22. The van der Waals surface area contributed by atoms with Crippen LogP contribution in [0.15, 0.2) is 40.1 Å². The molecular formula is C22H30N2O2S. The van der Waals surface area contributed by atoms with Crippen LogP contribution in [0, 0.1) is 0 Å². The van der Waals surface area contributed by atoms with Gasteiger partial charge in [-0.15, -0.1) is 0 Å². The highest BCUT2D eigenvalue weighted by atomic mass is 32.2. The molecule has 0 aliphatic carbocycles. The summed E-state index contributed by atoms with van der Waals surface area (Å²) in [5, 5.41) is 3.74. The number of ether oxygens (including phenoxy) is 2. The Balaban J connectivity index is 1.97. The second-order valence-electron chi connectivity index (χ2n) is 6.68. The third kappa shape index (κ3) is 4.42. The molecule has 1 heterocycles. The highest BCUT2D eigenvalue weighted by Crippen LogP contribution is 2.48. The van der Waals surface area contributed by atoms with Gasteiger partial charge in [-0.2, -0.15) is 0 Å². The summed E-state index contributed by atoms with van der Waals surface area (Å²) < 4.78 is 10.6. The van der Waals surface area contributed by atoms with E-state index in [1.165, 1.54) is 38.0 Å². The molecule has 1 aliphatic heterocycles. The van der Waals surface area contributed by atoms with Crippen molar-refractivity contribution in [3.8, 4) is 0 Å². The molecule has 0 amide bonds. The fourth-order valence-electron chi connectivity index (χ4n) is 3.46. The van der Waals surface area contributed by atoms with E-state index in [4.69, 9.17) is 9.47 Å². The van der Waals surface area contributed by atoms with Gasteiger partial charge in [0.1, 0.15) is 0 Å². The van der Waals surface area contributed by atoms with E-state index in [0.29, 0.717) is 13.2 Å². The van der Waals surface area contributed by atoms with Crippen LogP contribution in [0.5, 0.6) is 0 Å². The SMILES string of the molecule is CCc1cccc2c1Nc1c(CC)cc(N(CCOC)CCOC)cc1S2. The minimum absolute atomic E-state index is 0.705. The van der Waals surface area contributed by atoms with Crippen molar-refractivity contribution in [1.29, 1.82) is 0 Å². The van der Waals surface area contributed by atoms with Crippen LogP contribution in [0.3, 0.4) is 0 Å². The summed E-state index contributed by atoms with van der Waals surface area (Å²) in [6, 6.07) is 11.2. The number of hydrogen-bond acceptors (Lipinski definition) is 5. The lowest BCUT2D eigenvalue weighted by Crippen LogP contribution is -2.30. The number of hydrogen-bond donors (Lipinski definition) is 1. The Hall–Kier alpha value is -1.69. The first kappa shape index (κ1) is 20.1.